The van der Waals surface area contributed by atoms with Crippen LogP contribution in [0.2, 0.25) is 5.15 Å². The number of rotatable bonds is 2. The first kappa shape index (κ1) is 10.3. The topological polar surface area (TPSA) is 30.0 Å². The fourth-order valence-corrected chi connectivity index (χ4v) is 2.28. The van der Waals surface area contributed by atoms with Crippen molar-refractivity contribution in [3.8, 4) is 0 Å². The number of hydrogen-bond donors (Lipinski definition) is 0. The van der Waals surface area contributed by atoms with Crippen molar-refractivity contribution in [2.75, 3.05) is 0 Å². The first-order valence-electron chi connectivity index (χ1n) is 4.36. The Hall–Kier alpha value is -1.19. The highest BCUT2D eigenvalue weighted by Gasteiger charge is 2.06. The molecule has 4 heteroatoms. The molecule has 2 rings (SSSR count). The third kappa shape index (κ3) is 2.43. The summed E-state index contributed by atoms with van der Waals surface area (Å²) in [4.78, 5) is 5.32. The lowest BCUT2D eigenvalue weighted by Gasteiger charge is -2.00. The van der Waals surface area contributed by atoms with Gasteiger partial charge in [0.2, 0.25) is 0 Å². The van der Waals surface area contributed by atoms with E-state index in [9.17, 15) is 4.21 Å². The van der Waals surface area contributed by atoms with E-state index in [4.69, 9.17) is 11.6 Å². The molecule has 15 heavy (non-hydrogen) atoms. The lowest BCUT2D eigenvalue weighted by molar-refractivity contribution is 0.683. The molecule has 76 valence electrons. The largest absolute Gasteiger partial charge is 0.249 e. The highest BCUT2D eigenvalue weighted by molar-refractivity contribution is 7.85. The van der Waals surface area contributed by atoms with E-state index in [0.29, 0.717) is 10.0 Å². The summed E-state index contributed by atoms with van der Waals surface area (Å²) in [5.74, 6) is 0. The molecule has 0 aliphatic carbocycles. The molecule has 0 fully saturated rings. The molecular formula is C11H8ClNOS. The summed E-state index contributed by atoms with van der Waals surface area (Å²) in [6.07, 6.45) is 1.53. The van der Waals surface area contributed by atoms with Crippen molar-refractivity contribution in [1.29, 1.82) is 0 Å². The second-order valence-electron chi connectivity index (χ2n) is 2.90. The van der Waals surface area contributed by atoms with Crippen LogP contribution in [0.25, 0.3) is 0 Å². The number of pyridine rings is 1. The van der Waals surface area contributed by atoms with E-state index >= 15 is 0 Å². The average Bonchev–Trinajstić information content (AvgIpc) is 2.30. The smallest absolute Gasteiger partial charge is 0.129 e. The van der Waals surface area contributed by atoms with Crippen LogP contribution >= 0.6 is 11.6 Å². The average molecular weight is 238 g/mol. The molecule has 0 unspecified atom stereocenters. The van der Waals surface area contributed by atoms with E-state index in [1.807, 2.05) is 30.3 Å². The maximum Gasteiger partial charge on any atom is 0.129 e. The Kier molecular flexibility index (Phi) is 3.14. The van der Waals surface area contributed by atoms with Gasteiger partial charge in [-0.15, -0.1) is 0 Å². The molecule has 1 atom stereocenters. The van der Waals surface area contributed by atoms with Crippen molar-refractivity contribution < 1.29 is 4.21 Å². The molecule has 2 nitrogen and oxygen atoms in total. The Morgan fingerprint density at radius 3 is 2.33 bits per heavy atom. The highest BCUT2D eigenvalue weighted by Crippen LogP contribution is 2.16. The van der Waals surface area contributed by atoms with Crippen LogP contribution in [0.5, 0.6) is 0 Å². The fraction of sp³-hybridized carbons (Fsp3) is 0. The lowest BCUT2D eigenvalue weighted by Crippen LogP contribution is -1.92. The number of nitrogens with zero attached hydrogens (tertiary/aromatic N) is 1. The third-order valence-corrected chi connectivity index (χ3v) is 3.47. The maximum absolute atomic E-state index is 12.0. The van der Waals surface area contributed by atoms with Crippen molar-refractivity contribution in [1.82, 2.24) is 4.98 Å². The highest BCUT2D eigenvalue weighted by atomic mass is 35.5. The molecule has 0 radical (unpaired) electrons. The summed E-state index contributed by atoms with van der Waals surface area (Å²) in [6.45, 7) is 0. The molecule has 0 bridgehead atoms. The SMILES string of the molecule is O=[S@](c1ccccc1)c1ccc(Cl)nc1. The Bertz CT molecular complexity index is 470. The lowest BCUT2D eigenvalue weighted by atomic mass is 10.4. The minimum absolute atomic E-state index is 0.406. The van der Waals surface area contributed by atoms with Gasteiger partial charge in [-0.2, -0.15) is 0 Å². The zero-order valence-electron chi connectivity index (χ0n) is 7.76. The first-order chi connectivity index (χ1) is 7.27. The summed E-state index contributed by atoms with van der Waals surface area (Å²) in [6, 6.07) is 12.6. The second-order valence-corrected chi connectivity index (χ2v) is 4.77. The minimum atomic E-state index is -1.18. The second kappa shape index (κ2) is 4.55. The van der Waals surface area contributed by atoms with Crippen molar-refractivity contribution in [2.45, 2.75) is 9.79 Å². The van der Waals surface area contributed by atoms with Gasteiger partial charge in [0.05, 0.1) is 15.7 Å². The molecule has 0 saturated heterocycles. The summed E-state index contributed by atoms with van der Waals surface area (Å²) >= 11 is 5.65. The Morgan fingerprint density at radius 1 is 1.00 bits per heavy atom. The molecule has 0 amide bonds. The molecule has 0 aliphatic rings. The number of hydrogen-bond acceptors (Lipinski definition) is 2. The molecular weight excluding hydrogens is 230 g/mol. The van der Waals surface area contributed by atoms with Gasteiger partial charge in [0.1, 0.15) is 5.15 Å². The summed E-state index contributed by atoms with van der Waals surface area (Å²) < 4.78 is 12.0. The van der Waals surface area contributed by atoms with Gasteiger partial charge in [-0.1, -0.05) is 29.8 Å². The van der Waals surface area contributed by atoms with Gasteiger partial charge in [0.25, 0.3) is 0 Å². The van der Waals surface area contributed by atoms with Crippen LogP contribution in [-0.2, 0) is 10.8 Å². The van der Waals surface area contributed by atoms with Gasteiger partial charge >= 0.3 is 0 Å². The summed E-state index contributed by atoms with van der Waals surface area (Å²) in [7, 11) is -1.18. The zero-order valence-corrected chi connectivity index (χ0v) is 9.33. The van der Waals surface area contributed by atoms with Crippen LogP contribution in [0.15, 0.2) is 58.5 Å². The third-order valence-electron chi connectivity index (χ3n) is 1.87. The van der Waals surface area contributed by atoms with Crippen LogP contribution < -0.4 is 0 Å². The van der Waals surface area contributed by atoms with E-state index < -0.39 is 10.8 Å². The maximum atomic E-state index is 12.0. The van der Waals surface area contributed by atoms with E-state index in [2.05, 4.69) is 4.98 Å². The monoisotopic (exact) mass is 237 g/mol. The Labute approximate surface area is 95.4 Å². The molecule has 0 spiro atoms. The molecule has 1 heterocycles. The van der Waals surface area contributed by atoms with Crippen molar-refractivity contribution in [3.05, 3.63) is 53.8 Å². The normalized spacial score (nSPS) is 12.3. The van der Waals surface area contributed by atoms with Gasteiger partial charge in [0, 0.05) is 11.1 Å². The van der Waals surface area contributed by atoms with E-state index in [0.717, 1.165) is 4.90 Å². The quantitative estimate of drug-likeness (QED) is 0.752. The number of halogens is 1. The van der Waals surface area contributed by atoms with E-state index in [-0.39, 0.29) is 0 Å². The molecule has 2 aromatic rings. The van der Waals surface area contributed by atoms with Crippen LogP contribution in [0.1, 0.15) is 0 Å². The molecule has 0 saturated carbocycles. The predicted octanol–water partition coefficient (Wildman–Crippen LogP) is 2.90. The van der Waals surface area contributed by atoms with Crippen molar-refractivity contribution in [2.24, 2.45) is 0 Å². The van der Waals surface area contributed by atoms with Crippen LogP contribution in [0, 0.1) is 0 Å². The number of benzene rings is 1. The molecule has 1 aromatic carbocycles. The Morgan fingerprint density at radius 2 is 1.73 bits per heavy atom. The summed E-state index contributed by atoms with van der Waals surface area (Å²) in [5, 5.41) is 0.406. The van der Waals surface area contributed by atoms with Gasteiger partial charge in [0.15, 0.2) is 0 Å². The molecule has 0 N–H and O–H groups in total. The van der Waals surface area contributed by atoms with Crippen LogP contribution in [-0.4, -0.2) is 9.19 Å². The van der Waals surface area contributed by atoms with Gasteiger partial charge in [-0.3, -0.25) is 0 Å². The van der Waals surface area contributed by atoms with E-state index in [1.54, 1.807) is 12.1 Å². The zero-order chi connectivity index (χ0) is 10.7. The molecule has 0 aliphatic heterocycles. The fourth-order valence-electron chi connectivity index (χ4n) is 1.15. The van der Waals surface area contributed by atoms with Crippen LogP contribution in [0.4, 0.5) is 0 Å². The van der Waals surface area contributed by atoms with Crippen molar-refractivity contribution >= 4 is 22.4 Å². The van der Waals surface area contributed by atoms with Crippen molar-refractivity contribution in [3.63, 3.8) is 0 Å². The Balaban J connectivity index is 2.33. The number of aromatic nitrogens is 1. The van der Waals surface area contributed by atoms with Gasteiger partial charge < -0.3 is 0 Å². The van der Waals surface area contributed by atoms with E-state index in [1.165, 1.54) is 6.20 Å². The minimum Gasteiger partial charge on any atom is -0.249 e. The van der Waals surface area contributed by atoms with Gasteiger partial charge in [-0.25, -0.2) is 9.19 Å². The van der Waals surface area contributed by atoms with Crippen LogP contribution in [0.3, 0.4) is 0 Å². The standard InChI is InChI=1S/C11H8ClNOS/c12-11-7-6-10(8-13-11)15(14)9-4-2-1-3-5-9/h1-8H/t15-/m1/s1. The van der Waals surface area contributed by atoms with Gasteiger partial charge in [-0.05, 0) is 24.3 Å². The predicted molar refractivity (Wildman–Crippen MR) is 60.4 cm³/mol. The molecule has 1 aromatic heterocycles. The first-order valence-corrected chi connectivity index (χ1v) is 5.88. The summed E-state index contributed by atoms with van der Waals surface area (Å²) in [5.41, 5.74) is 0.